The molecule has 1 heterocycles. The van der Waals surface area contributed by atoms with E-state index in [0.29, 0.717) is 12.1 Å². The fourth-order valence-corrected chi connectivity index (χ4v) is 2.32. The summed E-state index contributed by atoms with van der Waals surface area (Å²) < 4.78 is 8.31. The molecule has 1 fully saturated rings. The Balaban J connectivity index is 2.07. The Morgan fingerprint density at radius 1 is 1.19 bits per heavy atom. The van der Waals surface area contributed by atoms with E-state index in [1.54, 1.807) is 0 Å². The summed E-state index contributed by atoms with van der Waals surface area (Å²) in [4.78, 5) is 0. The molecular formula is C14H22NO+. The van der Waals surface area contributed by atoms with Crippen molar-refractivity contribution in [3.63, 3.8) is 0 Å². The minimum Gasteiger partial charge on any atom is -0.441 e. The van der Waals surface area contributed by atoms with Gasteiger partial charge in [0.15, 0.2) is 12.2 Å². The molecular weight excluding hydrogens is 198 g/mol. The number of ether oxygens (including phenoxy) is 1. The normalized spacial score (nSPS) is 17.7. The lowest BCUT2D eigenvalue weighted by molar-refractivity contribution is -0.721. The predicted octanol–water partition coefficient (Wildman–Crippen LogP) is 3.27. The summed E-state index contributed by atoms with van der Waals surface area (Å²) in [6.07, 6.45) is 8.97. The van der Waals surface area contributed by atoms with E-state index in [1.165, 1.54) is 32.1 Å². The Labute approximate surface area is 98.3 Å². The van der Waals surface area contributed by atoms with E-state index in [9.17, 15) is 0 Å². The number of hydrogen-bond acceptors (Lipinski definition) is 1. The third-order valence-electron chi connectivity index (χ3n) is 3.25. The Morgan fingerprint density at radius 2 is 1.94 bits per heavy atom. The van der Waals surface area contributed by atoms with Crippen LogP contribution in [0.25, 0.3) is 0 Å². The van der Waals surface area contributed by atoms with Gasteiger partial charge in [0, 0.05) is 6.07 Å². The van der Waals surface area contributed by atoms with Gasteiger partial charge in [0.05, 0.1) is 6.07 Å². The number of hydrogen-bond donors (Lipinski definition) is 0. The third kappa shape index (κ3) is 2.75. The molecule has 1 aromatic heterocycles. The van der Waals surface area contributed by atoms with E-state index >= 15 is 0 Å². The molecule has 0 unspecified atom stereocenters. The Kier molecular flexibility index (Phi) is 3.81. The van der Waals surface area contributed by atoms with E-state index in [1.807, 2.05) is 0 Å². The standard InChI is InChI=1S/C14H22NO/c1-12(2)15-11-7-6-10-14(15)16-13-8-4-3-5-9-13/h6-7,10-13H,3-5,8-9H2,1-2H3/q+1. The van der Waals surface area contributed by atoms with Crippen LogP contribution in [0.3, 0.4) is 0 Å². The Morgan fingerprint density at radius 3 is 2.62 bits per heavy atom. The first-order chi connectivity index (χ1) is 7.77. The zero-order chi connectivity index (χ0) is 11.4. The van der Waals surface area contributed by atoms with Crippen LogP contribution in [0.4, 0.5) is 0 Å². The molecule has 1 aliphatic rings. The van der Waals surface area contributed by atoms with Crippen molar-refractivity contribution in [1.82, 2.24) is 0 Å². The second-order valence-corrected chi connectivity index (χ2v) is 4.92. The summed E-state index contributed by atoms with van der Waals surface area (Å²) in [6.45, 7) is 4.38. The van der Waals surface area contributed by atoms with E-state index in [2.05, 4.69) is 42.8 Å². The molecule has 2 heteroatoms. The number of rotatable bonds is 3. The number of nitrogens with zero attached hydrogens (tertiary/aromatic N) is 1. The molecule has 1 aromatic rings. The Hall–Kier alpha value is -1.05. The molecule has 0 amide bonds. The molecule has 2 nitrogen and oxygen atoms in total. The van der Waals surface area contributed by atoms with Crippen molar-refractivity contribution in [2.45, 2.75) is 58.1 Å². The molecule has 0 aliphatic heterocycles. The van der Waals surface area contributed by atoms with Crippen LogP contribution in [0.2, 0.25) is 0 Å². The largest absolute Gasteiger partial charge is 0.441 e. The average Bonchev–Trinajstić information content (AvgIpc) is 2.31. The van der Waals surface area contributed by atoms with Crippen LogP contribution in [0.5, 0.6) is 5.88 Å². The van der Waals surface area contributed by atoms with E-state index in [-0.39, 0.29) is 0 Å². The van der Waals surface area contributed by atoms with Crippen molar-refractivity contribution in [2.24, 2.45) is 0 Å². The molecule has 1 saturated carbocycles. The van der Waals surface area contributed by atoms with Gasteiger partial charge in [0.1, 0.15) is 6.10 Å². The minimum atomic E-state index is 0.432. The molecule has 2 rings (SSSR count). The maximum Gasteiger partial charge on any atom is 0.368 e. The average molecular weight is 220 g/mol. The van der Waals surface area contributed by atoms with Crippen molar-refractivity contribution >= 4 is 0 Å². The highest BCUT2D eigenvalue weighted by Gasteiger charge is 2.21. The van der Waals surface area contributed by atoms with Crippen LogP contribution in [0.15, 0.2) is 24.4 Å². The van der Waals surface area contributed by atoms with Crippen LogP contribution in [0, 0.1) is 0 Å². The Bertz CT molecular complexity index is 329. The summed E-state index contributed by atoms with van der Waals surface area (Å²) in [5.41, 5.74) is 0. The van der Waals surface area contributed by atoms with Gasteiger partial charge in [-0.05, 0) is 45.6 Å². The monoisotopic (exact) mass is 220 g/mol. The highest BCUT2D eigenvalue weighted by molar-refractivity contribution is 5.03. The first-order valence-corrected chi connectivity index (χ1v) is 6.44. The lowest BCUT2D eigenvalue weighted by atomic mass is 9.98. The maximum atomic E-state index is 6.11. The SMILES string of the molecule is CC(C)[n+]1ccccc1OC1CCCCC1. The van der Waals surface area contributed by atoms with Crippen molar-refractivity contribution in [3.8, 4) is 5.88 Å². The summed E-state index contributed by atoms with van der Waals surface area (Å²) >= 11 is 0. The lowest BCUT2D eigenvalue weighted by Gasteiger charge is -2.21. The fraction of sp³-hybridized carbons (Fsp3) is 0.643. The van der Waals surface area contributed by atoms with Crippen LogP contribution < -0.4 is 9.30 Å². The smallest absolute Gasteiger partial charge is 0.368 e. The minimum absolute atomic E-state index is 0.432. The quantitative estimate of drug-likeness (QED) is 0.713. The molecule has 0 radical (unpaired) electrons. The maximum absolute atomic E-state index is 6.11. The van der Waals surface area contributed by atoms with E-state index in [4.69, 9.17) is 4.74 Å². The predicted molar refractivity (Wildman–Crippen MR) is 64.5 cm³/mol. The highest BCUT2D eigenvalue weighted by atomic mass is 16.5. The van der Waals surface area contributed by atoms with Crippen LogP contribution in [-0.4, -0.2) is 6.10 Å². The molecule has 16 heavy (non-hydrogen) atoms. The van der Waals surface area contributed by atoms with Gasteiger partial charge in [0.2, 0.25) is 0 Å². The summed E-state index contributed by atoms with van der Waals surface area (Å²) in [6, 6.07) is 6.65. The van der Waals surface area contributed by atoms with Gasteiger partial charge in [-0.25, -0.2) is 0 Å². The molecule has 0 bridgehead atoms. The fourth-order valence-electron chi connectivity index (χ4n) is 2.32. The first kappa shape index (κ1) is 11.4. The van der Waals surface area contributed by atoms with Crippen molar-refractivity contribution in [2.75, 3.05) is 0 Å². The van der Waals surface area contributed by atoms with Gasteiger partial charge in [-0.15, -0.1) is 0 Å². The molecule has 88 valence electrons. The summed E-state index contributed by atoms with van der Waals surface area (Å²) in [5.74, 6) is 1.02. The summed E-state index contributed by atoms with van der Waals surface area (Å²) in [5, 5.41) is 0. The number of pyridine rings is 1. The molecule has 0 saturated heterocycles. The van der Waals surface area contributed by atoms with Gasteiger partial charge >= 0.3 is 5.88 Å². The lowest BCUT2D eigenvalue weighted by Crippen LogP contribution is -2.39. The molecule has 0 aromatic carbocycles. The number of aromatic nitrogens is 1. The second-order valence-electron chi connectivity index (χ2n) is 4.92. The zero-order valence-corrected chi connectivity index (χ0v) is 10.4. The first-order valence-electron chi connectivity index (χ1n) is 6.44. The van der Waals surface area contributed by atoms with Crippen molar-refractivity contribution in [3.05, 3.63) is 24.4 Å². The third-order valence-corrected chi connectivity index (χ3v) is 3.25. The zero-order valence-electron chi connectivity index (χ0n) is 10.4. The van der Waals surface area contributed by atoms with Crippen LogP contribution >= 0.6 is 0 Å². The topological polar surface area (TPSA) is 13.1 Å². The van der Waals surface area contributed by atoms with E-state index < -0.39 is 0 Å². The van der Waals surface area contributed by atoms with Crippen molar-refractivity contribution < 1.29 is 9.30 Å². The molecule has 0 N–H and O–H groups in total. The highest BCUT2D eigenvalue weighted by Crippen LogP contribution is 2.21. The molecule has 0 spiro atoms. The second kappa shape index (κ2) is 5.33. The summed E-state index contributed by atoms with van der Waals surface area (Å²) in [7, 11) is 0. The molecule has 0 atom stereocenters. The van der Waals surface area contributed by atoms with Crippen molar-refractivity contribution in [1.29, 1.82) is 0 Å². The van der Waals surface area contributed by atoms with Gasteiger partial charge in [-0.2, -0.15) is 4.57 Å². The van der Waals surface area contributed by atoms with E-state index in [0.717, 1.165) is 5.88 Å². The molecule has 1 aliphatic carbocycles. The van der Waals surface area contributed by atoms with Crippen LogP contribution in [-0.2, 0) is 0 Å². The van der Waals surface area contributed by atoms with Gasteiger partial charge in [-0.1, -0.05) is 6.42 Å². The van der Waals surface area contributed by atoms with Gasteiger partial charge < -0.3 is 4.74 Å². The van der Waals surface area contributed by atoms with Gasteiger partial charge in [0.25, 0.3) is 0 Å². The van der Waals surface area contributed by atoms with Gasteiger partial charge in [-0.3, -0.25) is 0 Å². The van der Waals surface area contributed by atoms with Crippen LogP contribution in [0.1, 0.15) is 52.0 Å².